The molecule has 0 N–H and O–H groups in total. The van der Waals surface area contributed by atoms with E-state index in [1.807, 2.05) is 19.1 Å². The van der Waals surface area contributed by atoms with Crippen molar-refractivity contribution < 1.29 is 4.92 Å². The Morgan fingerprint density at radius 3 is 2.94 bits per heavy atom. The molecule has 1 aromatic rings. The minimum absolute atomic E-state index is 0.0831. The zero-order valence-corrected chi connectivity index (χ0v) is 9.41. The predicted molar refractivity (Wildman–Crippen MR) is 65.5 cm³/mol. The highest BCUT2D eigenvalue weighted by atomic mass is 16.6. The number of nitrogens with zero attached hydrogens (tertiary/aromatic N) is 4. The molecular formula is C11H12N4O2. The maximum absolute atomic E-state index is 10.6. The Kier molecular flexibility index (Phi) is 4.72. The lowest BCUT2D eigenvalue weighted by Gasteiger charge is -1.97. The summed E-state index contributed by atoms with van der Waals surface area (Å²) >= 11 is 0. The van der Waals surface area contributed by atoms with Gasteiger partial charge in [-0.25, -0.2) is 0 Å². The molecule has 17 heavy (non-hydrogen) atoms. The van der Waals surface area contributed by atoms with Gasteiger partial charge in [-0.3, -0.25) is 10.1 Å². The summed E-state index contributed by atoms with van der Waals surface area (Å²) in [4.78, 5) is 12.9. The average molecular weight is 232 g/mol. The Morgan fingerprint density at radius 2 is 2.29 bits per heavy atom. The number of aryl methyl sites for hydroxylation is 1. The van der Waals surface area contributed by atoms with Crippen LogP contribution in [0.3, 0.4) is 0 Å². The maximum atomic E-state index is 10.6. The van der Waals surface area contributed by atoms with Crippen molar-refractivity contribution in [3.63, 3.8) is 0 Å². The van der Waals surface area contributed by atoms with Crippen molar-refractivity contribution in [1.82, 2.24) is 0 Å². The van der Waals surface area contributed by atoms with Crippen LogP contribution in [-0.2, 0) is 0 Å². The zero-order chi connectivity index (χ0) is 12.7. The molecule has 0 aliphatic rings. The summed E-state index contributed by atoms with van der Waals surface area (Å²) < 4.78 is 0. The second-order valence-corrected chi connectivity index (χ2v) is 3.50. The summed E-state index contributed by atoms with van der Waals surface area (Å²) in [6.07, 6.45) is 4.23. The van der Waals surface area contributed by atoms with Crippen molar-refractivity contribution in [3.05, 3.63) is 56.0 Å². The lowest BCUT2D eigenvalue weighted by Crippen LogP contribution is -1.89. The van der Waals surface area contributed by atoms with Crippen LogP contribution in [0.4, 0.5) is 5.69 Å². The van der Waals surface area contributed by atoms with Crippen molar-refractivity contribution in [3.8, 4) is 0 Å². The van der Waals surface area contributed by atoms with Gasteiger partial charge >= 0.3 is 0 Å². The Bertz CT molecular complexity index is 490. The van der Waals surface area contributed by atoms with Gasteiger partial charge in [-0.15, -0.1) is 0 Å². The van der Waals surface area contributed by atoms with E-state index in [0.717, 1.165) is 11.1 Å². The highest BCUT2D eigenvalue weighted by Gasteiger charge is 2.05. The van der Waals surface area contributed by atoms with Crippen LogP contribution in [0.2, 0.25) is 0 Å². The third-order valence-electron chi connectivity index (χ3n) is 2.06. The lowest BCUT2D eigenvalue weighted by molar-refractivity contribution is -0.384. The van der Waals surface area contributed by atoms with Crippen LogP contribution in [-0.4, -0.2) is 11.5 Å². The molecule has 0 radical (unpaired) electrons. The molecule has 0 saturated carbocycles. The molecule has 0 aliphatic heterocycles. The van der Waals surface area contributed by atoms with E-state index in [-0.39, 0.29) is 5.69 Å². The van der Waals surface area contributed by atoms with Gasteiger partial charge in [0.05, 0.1) is 4.92 Å². The topological polar surface area (TPSA) is 91.9 Å². The van der Waals surface area contributed by atoms with Crippen LogP contribution in [0.25, 0.3) is 16.5 Å². The van der Waals surface area contributed by atoms with E-state index < -0.39 is 4.92 Å². The van der Waals surface area contributed by atoms with Gasteiger partial charge in [-0.2, -0.15) is 0 Å². The molecular weight excluding hydrogens is 220 g/mol. The predicted octanol–water partition coefficient (Wildman–Crippen LogP) is 3.62. The van der Waals surface area contributed by atoms with Gasteiger partial charge in [0.15, 0.2) is 0 Å². The van der Waals surface area contributed by atoms with Crippen molar-refractivity contribution >= 4 is 11.8 Å². The molecule has 88 valence electrons. The fraction of sp³-hybridized carbons (Fsp3) is 0.273. The molecule has 6 nitrogen and oxygen atoms in total. The van der Waals surface area contributed by atoms with E-state index in [1.54, 1.807) is 6.08 Å². The normalized spacial score (nSPS) is 10.2. The van der Waals surface area contributed by atoms with Crippen molar-refractivity contribution in [1.29, 1.82) is 0 Å². The number of hydrogen-bond donors (Lipinski definition) is 0. The van der Waals surface area contributed by atoms with Crippen molar-refractivity contribution in [2.24, 2.45) is 5.11 Å². The van der Waals surface area contributed by atoms with Gasteiger partial charge in [0.2, 0.25) is 0 Å². The summed E-state index contributed by atoms with van der Waals surface area (Å²) in [6, 6.07) is 4.89. The van der Waals surface area contributed by atoms with Gasteiger partial charge in [0.25, 0.3) is 5.69 Å². The van der Waals surface area contributed by atoms with Crippen LogP contribution >= 0.6 is 0 Å². The summed E-state index contributed by atoms with van der Waals surface area (Å²) in [5.74, 6) is 0. The zero-order valence-electron chi connectivity index (χ0n) is 9.41. The number of benzene rings is 1. The fourth-order valence-electron chi connectivity index (χ4n) is 1.39. The number of hydrogen-bond acceptors (Lipinski definition) is 3. The van der Waals surface area contributed by atoms with Crippen LogP contribution in [0.5, 0.6) is 0 Å². The Hall–Kier alpha value is -2.33. The number of azide groups is 1. The molecule has 0 spiro atoms. The van der Waals surface area contributed by atoms with Crippen LogP contribution in [0.15, 0.2) is 29.4 Å². The summed E-state index contributed by atoms with van der Waals surface area (Å²) in [6.45, 7) is 2.20. The first-order valence-corrected chi connectivity index (χ1v) is 5.07. The molecule has 6 heteroatoms. The van der Waals surface area contributed by atoms with E-state index in [2.05, 4.69) is 10.0 Å². The van der Waals surface area contributed by atoms with Crippen LogP contribution < -0.4 is 0 Å². The van der Waals surface area contributed by atoms with Crippen LogP contribution in [0, 0.1) is 17.0 Å². The second kappa shape index (κ2) is 6.30. The lowest BCUT2D eigenvalue weighted by atomic mass is 10.1. The van der Waals surface area contributed by atoms with E-state index in [9.17, 15) is 10.1 Å². The van der Waals surface area contributed by atoms with E-state index in [4.69, 9.17) is 5.53 Å². The standard InChI is InChI=1S/C11H12N4O2/c1-9-6-10(4-2-3-5-13-14-12)8-11(7-9)15(16)17/h2,4,6-8H,3,5H2,1H3. The average Bonchev–Trinajstić information content (AvgIpc) is 2.28. The first-order chi connectivity index (χ1) is 8.13. The number of rotatable bonds is 5. The highest BCUT2D eigenvalue weighted by Crippen LogP contribution is 2.17. The molecule has 0 unspecified atom stereocenters. The maximum Gasteiger partial charge on any atom is 0.270 e. The quantitative estimate of drug-likeness (QED) is 0.194. The minimum Gasteiger partial charge on any atom is -0.258 e. The third kappa shape index (κ3) is 4.36. The molecule has 0 heterocycles. The van der Waals surface area contributed by atoms with Crippen molar-refractivity contribution in [2.45, 2.75) is 13.3 Å². The molecule has 0 aromatic heterocycles. The van der Waals surface area contributed by atoms with Gasteiger partial charge in [-0.05, 0) is 30.0 Å². The summed E-state index contributed by atoms with van der Waals surface area (Å²) in [5, 5.41) is 14.0. The number of nitro groups is 1. The van der Waals surface area contributed by atoms with Crippen LogP contribution in [0.1, 0.15) is 17.5 Å². The molecule has 0 saturated heterocycles. The van der Waals surface area contributed by atoms with Gasteiger partial charge in [0.1, 0.15) is 0 Å². The third-order valence-corrected chi connectivity index (χ3v) is 2.06. The van der Waals surface area contributed by atoms with E-state index >= 15 is 0 Å². The molecule has 0 atom stereocenters. The monoisotopic (exact) mass is 232 g/mol. The summed E-state index contributed by atoms with van der Waals surface area (Å²) in [7, 11) is 0. The van der Waals surface area contributed by atoms with Gasteiger partial charge in [-0.1, -0.05) is 23.3 Å². The number of non-ortho nitro benzene ring substituents is 1. The molecule has 0 amide bonds. The van der Waals surface area contributed by atoms with E-state index in [1.165, 1.54) is 12.1 Å². The second-order valence-electron chi connectivity index (χ2n) is 3.50. The SMILES string of the molecule is Cc1cc(C=CCCN=[N+]=[N-])cc([N+](=O)[O-])c1. The Morgan fingerprint density at radius 1 is 1.53 bits per heavy atom. The van der Waals surface area contributed by atoms with Crippen molar-refractivity contribution in [2.75, 3.05) is 6.54 Å². The van der Waals surface area contributed by atoms with Gasteiger partial charge < -0.3 is 0 Å². The molecule has 0 fully saturated rings. The molecule has 0 bridgehead atoms. The number of nitro benzene ring substituents is 1. The largest absolute Gasteiger partial charge is 0.270 e. The molecule has 1 rings (SSSR count). The van der Waals surface area contributed by atoms with E-state index in [0.29, 0.717) is 13.0 Å². The Labute approximate surface area is 98.4 Å². The first-order valence-electron chi connectivity index (χ1n) is 5.07. The fourth-order valence-corrected chi connectivity index (χ4v) is 1.39. The molecule has 1 aromatic carbocycles. The smallest absolute Gasteiger partial charge is 0.258 e. The highest BCUT2D eigenvalue weighted by molar-refractivity contribution is 5.55. The first kappa shape index (κ1) is 12.7. The van der Waals surface area contributed by atoms with Gasteiger partial charge in [0, 0.05) is 23.6 Å². The summed E-state index contributed by atoms with van der Waals surface area (Å²) in [5.41, 5.74) is 9.78. The molecule has 0 aliphatic carbocycles. The Balaban J connectivity index is 2.77. The minimum atomic E-state index is -0.412.